The van der Waals surface area contributed by atoms with E-state index in [4.69, 9.17) is 0 Å². The summed E-state index contributed by atoms with van der Waals surface area (Å²) in [5, 5.41) is 0. The van der Waals surface area contributed by atoms with Crippen molar-refractivity contribution in [1.29, 1.82) is 0 Å². The summed E-state index contributed by atoms with van der Waals surface area (Å²) in [6, 6.07) is 9.11. The van der Waals surface area contributed by atoms with E-state index in [0.29, 0.717) is 0 Å². The number of unbranched alkanes of at least 4 members (excludes halogenated alkanes) is 51. The molecule has 0 spiro atoms. The van der Waals surface area contributed by atoms with E-state index in [1.807, 2.05) is 0 Å². The molecule has 1 aliphatic rings. The molecule has 2 nitrogen and oxygen atoms in total. The number of hydrogen-bond donors (Lipinski definition) is 0. The van der Waals surface area contributed by atoms with Gasteiger partial charge in [-0.3, -0.25) is 0 Å². The van der Waals surface area contributed by atoms with Crippen LogP contribution >= 0.6 is 0 Å². The van der Waals surface area contributed by atoms with Gasteiger partial charge in [0, 0.05) is 22.3 Å². The Morgan fingerprint density at radius 2 is 0.420 bits per heavy atom. The third-order valence-corrected chi connectivity index (χ3v) is 19.8. The predicted molar refractivity (Wildman–Crippen MR) is 395 cm³/mol. The Balaban J connectivity index is 0.00000133. The summed E-state index contributed by atoms with van der Waals surface area (Å²) >= 11 is 0. The predicted octanol–water partition coefficient (Wildman–Crippen LogP) is 30.7. The van der Waals surface area contributed by atoms with Gasteiger partial charge in [0.05, 0.1) is 0 Å². The number of rotatable bonds is 57. The maximum absolute atomic E-state index is 11.9. The number of benzene rings is 2. The number of hydrogen-bond acceptors (Lipinski definition) is 0. The maximum Gasteiger partial charge on any atom is 2.00 e. The average Bonchev–Trinajstić information content (AvgIpc) is 1.63. The smallest absolute Gasteiger partial charge is 0.493 e. The average molecular weight is 1260 g/mol. The van der Waals surface area contributed by atoms with Crippen LogP contribution in [0.2, 0.25) is 0 Å². The second-order valence-electron chi connectivity index (χ2n) is 28.0. The molecule has 3 heteroatoms. The van der Waals surface area contributed by atoms with Crippen molar-refractivity contribution >= 4 is 11.4 Å². The van der Waals surface area contributed by atoms with Crippen LogP contribution in [0.25, 0.3) is 16.9 Å². The summed E-state index contributed by atoms with van der Waals surface area (Å²) in [7, 11) is 0. The van der Waals surface area contributed by atoms with Crippen LogP contribution in [0.3, 0.4) is 0 Å². The Morgan fingerprint density at radius 3 is 0.614 bits per heavy atom. The van der Waals surface area contributed by atoms with Crippen molar-refractivity contribution in [1.82, 2.24) is 0 Å². The zero-order valence-electron chi connectivity index (χ0n) is 61.2. The van der Waals surface area contributed by atoms with Crippen molar-refractivity contribution in [2.75, 3.05) is 0 Å². The Morgan fingerprint density at radius 1 is 0.261 bits per heavy atom. The summed E-state index contributed by atoms with van der Waals surface area (Å²) in [6.07, 6.45) is 79.9. The van der Waals surface area contributed by atoms with Gasteiger partial charge in [0.1, 0.15) is 0 Å². The first kappa shape index (κ1) is 86.0. The van der Waals surface area contributed by atoms with Crippen molar-refractivity contribution in [3.05, 3.63) is 99.3 Å². The Bertz CT molecular complexity index is 1830. The normalized spacial score (nSPS) is 12.2. The van der Waals surface area contributed by atoms with Gasteiger partial charge >= 0.3 is 16.5 Å². The van der Waals surface area contributed by atoms with E-state index in [0.717, 1.165) is 54.6 Å². The SMILES string of the molecule is CCCCCCCCC1=C(c2cc(C)c(C)c(C)c2)[N+](=[N-])C(c2cc(C)c(C)c(C)c2)=C1CCCCC.[CH2-]CCCCCCCCCCCCCCCCCCCCCCCC.[CH2-]CCCCCCCCCCCCCCCCCCCCCCCC.[Ni+2]. The fraction of sp³-hybridized carbons (Fsp3) is 0.788. The minimum absolute atomic E-state index is 0. The van der Waals surface area contributed by atoms with Crippen LogP contribution in [0.1, 0.15) is 438 Å². The molecule has 0 amide bonds. The molecule has 88 heavy (non-hydrogen) atoms. The monoisotopic (exact) mass is 1260 g/mol. The zero-order chi connectivity index (χ0) is 63.6. The van der Waals surface area contributed by atoms with Gasteiger partial charge in [-0.2, -0.15) is 12.8 Å². The van der Waals surface area contributed by atoms with E-state index in [2.05, 4.69) is 107 Å². The Kier molecular flexibility index (Phi) is 61.1. The van der Waals surface area contributed by atoms with E-state index >= 15 is 0 Å². The second kappa shape index (κ2) is 62.5. The molecule has 0 unspecified atom stereocenters. The van der Waals surface area contributed by atoms with Gasteiger partial charge in [-0.1, -0.05) is 355 Å². The molecule has 0 fully saturated rings. The Labute approximate surface area is 563 Å². The molecule has 0 saturated carbocycles. The van der Waals surface area contributed by atoms with E-state index < -0.39 is 0 Å². The molecule has 2 aromatic rings. The number of aryl methyl sites for hydroxylation is 4. The van der Waals surface area contributed by atoms with E-state index in [1.54, 1.807) is 4.70 Å². The van der Waals surface area contributed by atoms with Crippen molar-refractivity contribution in [3.8, 4) is 0 Å². The largest absolute Gasteiger partial charge is 2.00 e. The van der Waals surface area contributed by atoms with Gasteiger partial charge in [-0.05, 0) is 125 Å². The zero-order valence-corrected chi connectivity index (χ0v) is 62.2. The molecular weight excluding hydrogens is 1110 g/mol. The third-order valence-electron chi connectivity index (χ3n) is 19.8. The van der Waals surface area contributed by atoms with Crippen LogP contribution in [-0.2, 0) is 16.5 Å². The molecule has 0 atom stereocenters. The van der Waals surface area contributed by atoms with Crippen LogP contribution in [0, 0.1) is 55.4 Å². The first-order chi connectivity index (χ1) is 42.5. The van der Waals surface area contributed by atoms with Crippen molar-refractivity contribution in [3.63, 3.8) is 0 Å². The minimum atomic E-state index is 0. The maximum atomic E-state index is 11.9. The summed E-state index contributed by atoms with van der Waals surface area (Å²) in [6.45, 7) is 30.1. The van der Waals surface area contributed by atoms with Crippen LogP contribution in [0.15, 0.2) is 35.4 Å². The topological polar surface area (TPSA) is 25.3 Å². The molecule has 0 radical (unpaired) electrons. The standard InChI is InChI=1S/C35H50N2.2C25H51.Ni/c1-9-11-13-14-15-17-19-33-32(18-16-12-10-2)34(30-20-24(3)28(7)25(4)21-30)37(36)35(33)31-22-26(5)29(8)27(6)23-31;2*1-3-5-7-9-11-13-15-17-19-21-23-25-24-22-20-18-16-14-12-10-8-6-4-2;/h20-23H,9-19H2,1-8H3;2*1,3-25H2,2H3;/q;2*-1;+2. The summed E-state index contributed by atoms with van der Waals surface area (Å²) in [5.41, 5.74) is 26.8. The van der Waals surface area contributed by atoms with Crippen LogP contribution in [-0.4, -0.2) is 4.70 Å². The van der Waals surface area contributed by atoms with Gasteiger partial charge in [-0.25, -0.2) is 4.70 Å². The first-order valence-corrected chi connectivity index (χ1v) is 39.2. The summed E-state index contributed by atoms with van der Waals surface area (Å²) in [5.74, 6) is 0. The summed E-state index contributed by atoms with van der Waals surface area (Å²) in [4.78, 5) is 0. The fourth-order valence-electron chi connectivity index (χ4n) is 13.3. The van der Waals surface area contributed by atoms with Gasteiger partial charge < -0.3 is 19.4 Å². The summed E-state index contributed by atoms with van der Waals surface area (Å²) < 4.78 is 1.56. The molecule has 2 aromatic carbocycles. The Hall–Kier alpha value is -1.99. The van der Waals surface area contributed by atoms with Crippen LogP contribution in [0.4, 0.5) is 0 Å². The number of nitrogens with zero attached hydrogens (tertiary/aromatic N) is 2. The van der Waals surface area contributed by atoms with Gasteiger partial charge in [0.15, 0.2) is 0 Å². The fourth-order valence-corrected chi connectivity index (χ4v) is 13.3. The van der Waals surface area contributed by atoms with Crippen LogP contribution < -0.4 is 0 Å². The number of allylic oxidation sites excluding steroid dienone is 2. The molecule has 1 aliphatic heterocycles. The van der Waals surface area contributed by atoms with E-state index in [9.17, 15) is 5.53 Å². The molecule has 0 N–H and O–H groups in total. The van der Waals surface area contributed by atoms with E-state index in [1.165, 1.54) is 378 Å². The van der Waals surface area contributed by atoms with Gasteiger partial charge in [0.25, 0.3) is 0 Å². The van der Waals surface area contributed by atoms with Crippen molar-refractivity contribution in [2.45, 2.75) is 435 Å². The van der Waals surface area contributed by atoms with Gasteiger partial charge in [0.2, 0.25) is 11.4 Å². The minimum Gasteiger partial charge on any atom is -0.493 e. The van der Waals surface area contributed by atoms with Crippen molar-refractivity contribution in [2.24, 2.45) is 0 Å². The third kappa shape index (κ3) is 43.8. The second-order valence-corrected chi connectivity index (χ2v) is 28.0. The molecule has 1 heterocycles. The van der Waals surface area contributed by atoms with E-state index in [-0.39, 0.29) is 16.5 Å². The molecule has 0 aliphatic carbocycles. The molecule has 0 aromatic heterocycles. The van der Waals surface area contributed by atoms with Crippen molar-refractivity contribution < 1.29 is 21.2 Å². The van der Waals surface area contributed by atoms with Crippen LogP contribution in [0.5, 0.6) is 0 Å². The molecule has 0 saturated heterocycles. The quantitative estimate of drug-likeness (QED) is 0.0273. The molecule has 3 rings (SSSR count). The van der Waals surface area contributed by atoms with Gasteiger partial charge in [-0.15, -0.1) is 0 Å². The first-order valence-electron chi connectivity index (χ1n) is 39.2. The molecule has 0 bridgehead atoms. The molecule has 512 valence electrons. The molecular formula is C85H152N2Ni.